The van der Waals surface area contributed by atoms with E-state index >= 15 is 0 Å². The fourth-order valence-corrected chi connectivity index (χ4v) is 4.15. The number of methoxy groups -OCH3 is 2. The summed E-state index contributed by atoms with van der Waals surface area (Å²) in [5.41, 5.74) is 4.43. The third-order valence-electron chi connectivity index (χ3n) is 4.98. The van der Waals surface area contributed by atoms with E-state index in [2.05, 4.69) is 56.2 Å². The smallest absolute Gasteiger partial charge is 0.275 e. The Bertz CT molecular complexity index is 1010. The Kier molecular flexibility index (Phi) is 6.77. The van der Waals surface area contributed by atoms with Gasteiger partial charge >= 0.3 is 0 Å². The van der Waals surface area contributed by atoms with Crippen LogP contribution in [-0.4, -0.2) is 25.1 Å². The minimum Gasteiger partial charge on any atom is -0.493 e. The van der Waals surface area contributed by atoms with E-state index in [0.29, 0.717) is 29.0 Å². The Hall–Kier alpha value is -2.86. The van der Waals surface area contributed by atoms with Crippen LogP contribution in [0.5, 0.6) is 11.5 Å². The molecule has 0 unspecified atom stereocenters. The van der Waals surface area contributed by atoms with Crippen LogP contribution < -0.4 is 14.8 Å². The number of hydrogen-bond acceptors (Lipinski definition) is 5. The Labute approximate surface area is 182 Å². The zero-order valence-electron chi connectivity index (χ0n) is 18.3. The first kappa shape index (κ1) is 21.8. The van der Waals surface area contributed by atoms with Crippen molar-refractivity contribution in [2.75, 3.05) is 19.5 Å². The second-order valence-electron chi connectivity index (χ2n) is 7.68. The van der Waals surface area contributed by atoms with E-state index in [1.54, 1.807) is 19.6 Å². The summed E-state index contributed by atoms with van der Waals surface area (Å²) in [6.07, 6.45) is 0. The van der Waals surface area contributed by atoms with Crippen molar-refractivity contribution in [2.45, 2.75) is 39.5 Å². The molecule has 0 saturated heterocycles. The highest BCUT2D eigenvalue weighted by molar-refractivity contribution is 7.13. The van der Waals surface area contributed by atoms with Crippen LogP contribution in [-0.2, 0) is 0 Å². The number of carbonyl (C=O) groups is 1. The van der Waals surface area contributed by atoms with Crippen LogP contribution in [0.25, 0.3) is 10.6 Å². The molecule has 0 spiro atoms. The topological polar surface area (TPSA) is 60.5 Å². The Morgan fingerprint density at radius 3 is 2.17 bits per heavy atom. The molecule has 1 aromatic heterocycles. The lowest BCUT2D eigenvalue weighted by Crippen LogP contribution is -2.16. The summed E-state index contributed by atoms with van der Waals surface area (Å²) < 4.78 is 10.7. The zero-order chi connectivity index (χ0) is 21.8. The number of ether oxygens (including phenoxy) is 2. The standard InChI is InChI=1S/C24H28N2O3S/c1-14(2)17-8-7-9-18(15(3)4)22(17)26-23(27)19-13-30-24(25-19)16-10-11-20(28-5)21(12-16)29-6/h7-15H,1-6H3,(H,26,27). The lowest BCUT2D eigenvalue weighted by molar-refractivity contribution is 0.102. The van der Waals surface area contributed by atoms with E-state index < -0.39 is 0 Å². The van der Waals surface area contributed by atoms with Gasteiger partial charge in [0.15, 0.2) is 11.5 Å². The highest BCUT2D eigenvalue weighted by atomic mass is 32.1. The van der Waals surface area contributed by atoms with Crippen molar-refractivity contribution < 1.29 is 14.3 Å². The molecular weight excluding hydrogens is 396 g/mol. The Morgan fingerprint density at radius 1 is 0.967 bits per heavy atom. The summed E-state index contributed by atoms with van der Waals surface area (Å²) in [6.45, 7) is 8.53. The number of thiazole rings is 1. The molecule has 1 amide bonds. The average molecular weight is 425 g/mol. The van der Waals surface area contributed by atoms with Gasteiger partial charge in [0, 0.05) is 16.6 Å². The summed E-state index contributed by atoms with van der Waals surface area (Å²) in [6, 6.07) is 11.8. The predicted octanol–water partition coefficient (Wildman–Crippen LogP) is 6.33. The molecule has 2 aromatic carbocycles. The van der Waals surface area contributed by atoms with Crippen molar-refractivity contribution in [1.29, 1.82) is 0 Å². The molecule has 5 nitrogen and oxygen atoms in total. The molecule has 6 heteroatoms. The first-order chi connectivity index (χ1) is 14.3. The van der Waals surface area contributed by atoms with Crippen LogP contribution in [0.4, 0.5) is 5.69 Å². The van der Waals surface area contributed by atoms with Gasteiger partial charge in [0.25, 0.3) is 5.91 Å². The zero-order valence-corrected chi connectivity index (χ0v) is 19.1. The fourth-order valence-electron chi connectivity index (χ4n) is 3.35. The normalized spacial score (nSPS) is 11.1. The maximum absolute atomic E-state index is 13.0. The SMILES string of the molecule is COc1ccc(-c2nc(C(=O)Nc3c(C(C)C)cccc3C(C)C)cs2)cc1OC. The number of amides is 1. The van der Waals surface area contributed by atoms with Gasteiger partial charge in [-0.1, -0.05) is 45.9 Å². The third-order valence-corrected chi connectivity index (χ3v) is 5.87. The summed E-state index contributed by atoms with van der Waals surface area (Å²) in [7, 11) is 3.20. The lowest BCUT2D eigenvalue weighted by Gasteiger charge is -2.19. The second-order valence-corrected chi connectivity index (χ2v) is 8.54. The van der Waals surface area contributed by atoms with Gasteiger partial charge in [-0.2, -0.15) is 0 Å². The largest absolute Gasteiger partial charge is 0.493 e. The van der Waals surface area contributed by atoms with E-state index in [4.69, 9.17) is 9.47 Å². The molecule has 0 atom stereocenters. The summed E-state index contributed by atoms with van der Waals surface area (Å²) in [4.78, 5) is 17.6. The number of carbonyl (C=O) groups excluding carboxylic acids is 1. The number of nitrogens with one attached hydrogen (secondary N) is 1. The molecule has 0 bridgehead atoms. The number of hydrogen-bond donors (Lipinski definition) is 1. The van der Waals surface area contributed by atoms with Crippen molar-refractivity contribution in [3.05, 3.63) is 58.6 Å². The molecule has 158 valence electrons. The summed E-state index contributed by atoms with van der Waals surface area (Å²) >= 11 is 1.43. The molecule has 1 N–H and O–H groups in total. The summed E-state index contributed by atoms with van der Waals surface area (Å²) in [5, 5.41) is 5.66. The Balaban J connectivity index is 1.90. The molecule has 0 saturated carbocycles. The van der Waals surface area contributed by atoms with Crippen LogP contribution in [0.15, 0.2) is 41.8 Å². The van der Waals surface area contributed by atoms with Gasteiger partial charge in [-0.05, 0) is 41.2 Å². The van der Waals surface area contributed by atoms with Gasteiger partial charge in [0.05, 0.1) is 14.2 Å². The predicted molar refractivity (Wildman–Crippen MR) is 123 cm³/mol. The van der Waals surface area contributed by atoms with Crippen LogP contribution in [0, 0.1) is 0 Å². The van der Waals surface area contributed by atoms with Crippen molar-refractivity contribution in [1.82, 2.24) is 4.98 Å². The molecule has 0 aliphatic carbocycles. The molecule has 1 heterocycles. The first-order valence-corrected chi connectivity index (χ1v) is 10.9. The van der Waals surface area contributed by atoms with Gasteiger partial charge in [-0.25, -0.2) is 4.98 Å². The van der Waals surface area contributed by atoms with Crippen molar-refractivity contribution >= 4 is 22.9 Å². The third kappa shape index (κ3) is 4.49. The van der Waals surface area contributed by atoms with Crippen LogP contribution in [0.3, 0.4) is 0 Å². The van der Waals surface area contributed by atoms with Gasteiger partial charge in [0.1, 0.15) is 10.7 Å². The molecule has 0 radical (unpaired) electrons. The van der Waals surface area contributed by atoms with Crippen LogP contribution >= 0.6 is 11.3 Å². The number of rotatable bonds is 7. The molecular formula is C24H28N2O3S. The monoisotopic (exact) mass is 424 g/mol. The maximum atomic E-state index is 13.0. The minimum atomic E-state index is -0.201. The van der Waals surface area contributed by atoms with Crippen molar-refractivity contribution in [3.63, 3.8) is 0 Å². The average Bonchev–Trinajstić information content (AvgIpc) is 3.23. The van der Waals surface area contributed by atoms with E-state index in [0.717, 1.165) is 27.4 Å². The molecule has 0 aliphatic rings. The van der Waals surface area contributed by atoms with Crippen LogP contribution in [0.2, 0.25) is 0 Å². The number of anilines is 1. The number of aromatic nitrogens is 1. The van der Waals surface area contributed by atoms with E-state index in [1.165, 1.54) is 11.3 Å². The minimum absolute atomic E-state index is 0.201. The number of para-hydroxylation sites is 1. The maximum Gasteiger partial charge on any atom is 0.275 e. The van der Waals surface area contributed by atoms with Gasteiger partial charge in [0.2, 0.25) is 0 Å². The van der Waals surface area contributed by atoms with E-state index in [-0.39, 0.29) is 5.91 Å². The highest BCUT2D eigenvalue weighted by Gasteiger charge is 2.19. The van der Waals surface area contributed by atoms with Gasteiger partial charge in [-0.15, -0.1) is 11.3 Å². The Morgan fingerprint density at radius 2 is 1.60 bits per heavy atom. The van der Waals surface area contributed by atoms with Gasteiger partial charge in [-0.3, -0.25) is 4.79 Å². The molecule has 3 rings (SSSR count). The quantitative estimate of drug-likeness (QED) is 0.482. The highest BCUT2D eigenvalue weighted by Crippen LogP contribution is 2.35. The summed E-state index contributed by atoms with van der Waals surface area (Å²) in [5.74, 6) is 1.69. The van der Waals surface area contributed by atoms with Crippen molar-refractivity contribution in [3.8, 4) is 22.1 Å². The first-order valence-electron chi connectivity index (χ1n) is 9.97. The van der Waals surface area contributed by atoms with Crippen molar-refractivity contribution in [2.24, 2.45) is 0 Å². The molecule has 30 heavy (non-hydrogen) atoms. The molecule has 3 aromatic rings. The van der Waals surface area contributed by atoms with E-state index in [1.807, 2.05) is 18.2 Å². The molecule has 0 aliphatic heterocycles. The van der Waals surface area contributed by atoms with Gasteiger partial charge < -0.3 is 14.8 Å². The molecule has 0 fully saturated rings. The lowest BCUT2D eigenvalue weighted by atomic mass is 9.92. The van der Waals surface area contributed by atoms with E-state index in [9.17, 15) is 4.79 Å². The second kappa shape index (κ2) is 9.30. The fraction of sp³-hybridized carbons (Fsp3) is 0.333. The number of benzene rings is 2. The van der Waals surface area contributed by atoms with Crippen LogP contribution in [0.1, 0.15) is 61.1 Å². The number of nitrogens with zero attached hydrogens (tertiary/aromatic N) is 1.